The Hall–Kier alpha value is -2.73. The number of hydrogen-bond acceptors (Lipinski definition) is 4. The molecule has 0 bridgehead atoms. The minimum atomic E-state index is -1.17. The first kappa shape index (κ1) is 14.2. The molecule has 6 nitrogen and oxygen atoms in total. The van der Waals surface area contributed by atoms with Crippen LogP contribution in [0.5, 0.6) is 0 Å². The van der Waals surface area contributed by atoms with E-state index in [0.717, 1.165) is 5.56 Å². The number of nitrogens with zero attached hydrogens (tertiary/aromatic N) is 4. The van der Waals surface area contributed by atoms with E-state index >= 15 is 0 Å². The van der Waals surface area contributed by atoms with E-state index in [1.807, 2.05) is 25.1 Å². The summed E-state index contributed by atoms with van der Waals surface area (Å²) in [5.41, 5.74) is 1.88. The highest BCUT2D eigenvalue weighted by Crippen LogP contribution is 2.26. The first-order chi connectivity index (χ1) is 10.6. The number of hydrogen-bond donors (Lipinski definition) is 1. The van der Waals surface area contributed by atoms with Crippen molar-refractivity contribution in [2.45, 2.75) is 6.92 Å². The second-order valence-electron chi connectivity index (χ2n) is 4.65. The number of rotatable bonds is 3. The van der Waals surface area contributed by atoms with Gasteiger partial charge in [-0.15, -0.1) is 10.2 Å². The van der Waals surface area contributed by atoms with Crippen molar-refractivity contribution in [2.75, 3.05) is 0 Å². The molecule has 1 N–H and O–H groups in total. The molecule has 3 rings (SSSR count). The van der Waals surface area contributed by atoms with Crippen LogP contribution in [0.1, 0.15) is 16.1 Å². The van der Waals surface area contributed by atoms with E-state index in [9.17, 15) is 9.90 Å². The second kappa shape index (κ2) is 5.57. The van der Waals surface area contributed by atoms with Gasteiger partial charge in [0.1, 0.15) is 5.65 Å². The number of azo groups is 1. The van der Waals surface area contributed by atoms with E-state index in [0.29, 0.717) is 16.4 Å². The summed E-state index contributed by atoms with van der Waals surface area (Å²) in [5.74, 6) is -1.04. The zero-order valence-corrected chi connectivity index (χ0v) is 12.3. The van der Waals surface area contributed by atoms with Crippen LogP contribution in [0.15, 0.2) is 52.8 Å². The van der Waals surface area contributed by atoms with Crippen LogP contribution >= 0.6 is 11.6 Å². The van der Waals surface area contributed by atoms with Gasteiger partial charge in [0.15, 0.2) is 11.5 Å². The number of aromatic carboxylic acids is 1. The van der Waals surface area contributed by atoms with Crippen LogP contribution in [0, 0.1) is 6.92 Å². The number of halogens is 1. The summed E-state index contributed by atoms with van der Waals surface area (Å²) in [6.07, 6.45) is 1.56. The maximum atomic E-state index is 11.3. The molecular weight excluding hydrogens is 304 g/mol. The molecule has 0 aliphatic carbocycles. The molecule has 2 aromatic heterocycles. The summed E-state index contributed by atoms with van der Waals surface area (Å²) in [4.78, 5) is 15.4. The smallest absolute Gasteiger partial charge is 0.358 e. The first-order valence-electron chi connectivity index (χ1n) is 6.44. The SMILES string of the molecule is Cc1ccccc1N=Nc1c(C(=O)O)nc2ccc(Cl)cn12. The molecule has 0 amide bonds. The van der Waals surface area contributed by atoms with Gasteiger partial charge >= 0.3 is 5.97 Å². The highest BCUT2D eigenvalue weighted by molar-refractivity contribution is 6.30. The lowest BCUT2D eigenvalue weighted by Gasteiger charge is -1.99. The Morgan fingerprint density at radius 3 is 2.73 bits per heavy atom. The Balaban J connectivity index is 2.16. The molecule has 0 aliphatic heterocycles. The summed E-state index contributed by atoms with van der Waals surface area (Å²) in [5, 5.41) is 17.9. The largest absolute Gasteiger partial charge is 0.476 e. The molecule has 0 saturated carbocycles. The lowest BCUT2D eigenvalue weighted by Crippen LogP contribution is -1.96. The maximum Gasteiger partial charge on any atom is 0.358 e. The lowest BCUT2D eigenvalue weighted by atomic mass is 10.2. The monoisotopic (exact) mass is 314 g/mol. The minimum absolute atomic E-state index is 0.133. The molecule has 0 fully saturated rings. The Labute approximate surface area is 130 Å². The fraction of sp³-hybridized carbons (Fsp3) is 0.0667. The number of carboxylic acid groups (broad SMARTS) is 1. The Morgan fingerprint density at radius 1 is 1.23 bits per heavy atom. The van der Waals surface area contributed by atoms with Crippen molar-refractivity contribution in [3.05, 3.63) is 58.9 Å². The number of imidazole rings is 1. The zero-order chi connectivity index (χ0) is 15.7. The number of carboxylic acids is 1. The fourth-order valence-corrected chi connectivity index (χ4v) is 2.18. The van der Waals surface area contributed by atoms with Crippen molar-refractivity contribution < 1.29 is 9.90 Å². The summed E-state index contributed by atoms with van der Waals surface area (Å²) in [7, 11) is 0. The van der Waals surface area contributed by atoms with Crippen LogP contribution in [-0.4, -0.2) is 20.5 Å². The van der Waals surface area contributed by atoms with Gasteiger partial charge in [-0.2, -0.15) is 0 Å². The standard InChI is InChI=1S/C15H11ClN4O2/c1-9-4-2-3-5-11(9)18-19-14-13(15(21)22)17-12-7-6-10(16)8-20(12)14/h2-8H,1H3,(H,21,22). The second-order valence-corrected chi connectivity index (χ2v) is 5.09. The highest BCUT2D eigenvalue weighted by atomic mass is 35.5. The predicted molar refractivity (Wildman–Crippen MR) is 82.5 cm³/mol. The number of pyridine rings is 1. The van der Waals surface area contributed by atoms with Gasteiger partial charge in [-0.05, 0) is 30.7 Å². The van der Waals surface area contributed by atoms with Gasteiger partial charge in [-0.3, -0.25) is 4.40 Å². The molecule has 2 heterocycles. The van der Waals surface area contributed by atoms with Gasteiger partial charge in [0.25, 0.3) is 0 Å². The molecule has 0 unspecified atom stereocenters. The van der Waals surface area contributed by atoms with Crippen LogP contribution in [0.4, 0.5) is 11.5 Å². The molecule has 0 spiro atoms. The third-order valence-electron chi connectivity index (χ3n) is 3.13. The highest BCUT2D eigenvalue weighted by Gasteiger charge is 2.18. The maximum absolute atomic E-state index is 11.3. The van der Waals surface area contributed by atoms with Gasteiger partial charge in [0, 0.05) is 6.20 Å². The van der Waals surface area contributed by atoms with Gasteiger partial charge in [0.2, 0.25) is 0 Å². The average Bonchev–Trinajstić information content (AvgIpc) is 2.84. The topological polar surface area (TPSA) is 79.3 Å². The van der Waals surface area contributed by atoms with Crippen molar-refractivity contribution in [2.24, 2.45) is 10.2 Å². The van der Waals surface area contributed by atoms with Crippen molar-refractivity contribution >= 4 is 34.7 Å². The van der Waals surface area contributed by atoms with Crippen molar-refractivity contribution in [3.8, 4) is 0 Å². The van der Waals surface area contributed by atoms with E-state index in [2.05, 4.69) is 15.2 Å². The molecular formula is C15H11ClN4O2. The van der Waals surface area contributed by atoms with E-state index < -0.39 is 5.97 Å². The van der Waals surface area contributed by atoms with E-state index in [1.165, 1.54) is 4.40 Å². The third-order valence-corrected chi connectivity index (χ3v) is 3.35. The molecule has 3 aromatic rings. The van der Waals surface area contributed by atoms with Crippen LogP contribution in [0.3, 0.4) is 0 Å². The normalized spacial score (nSPS) is 11.4. The molecule has 0 aliphatic rings. The quantitative estimate of drug-likeness (QED) is 0.727. The van der Waals surface area contributed by atoms with Crippen LogP contribution in [0.25, 0.3) is 5.65 Å². The van der Waals surface area contributed by atoms with E-state index in [1.54, 1.807) is 24.4 Å². The summed E-state index contributed by atoms with van der Waals surface area (Å²) >= 11 is 5.95. The van der Waals surface area contributed by atoms with Gasteiger partial charge < -0.3 is 5.11 Å². The van der Waals surface area contributed by atoms with Crippen LogP contribution in [0.2, 0.25) is 5.02 Å². The summed E-state index contributed by atoms with van der Waals surface area (Å²) < 4.78 is 1.51. The number of carbonyl (C=O) groups is 1. The van der Waals surface area contributed by atoms with Gasteiger partial charge in [0.05, 0.1) is 10.7 Å². The molecule has 110 valence electrons. The molecule has 0 radical (unpaired) electrons. The fourth-order valence-electron chi connectivity index (χ4n) is 2.02. The third kappa shape index (κ3) is 2.56. The van der Waals surface area contributed by atoms with Crippen LogP contribution < -0.4 is 0 Å². The number of aromatic nitrogens is 2. The average molecular weight is 315 g/mol. The molecule has 0 atom stereocenters. The van der Waals surface area contributed by atoms with Gasteiger partial charge in [-0.25, -0.2) is 9.78 Å². The predicted octanol–water partition coefficient (Wildman–Crippen LogP) is 4.41. The van der Waals surface area contributed by atoms with Crippen molar-refractivity contribution in [1.29, 1.82) is 0 Å². The Bertz CT molecular complexity index is 902. The summed E-state index contributed by atoms with van der Waals surface area (Å²) in [6, 6.07) is 10.7. The van der Waals surface area contributed by atoms with Crippen molar-refractivity contribution in [3.63, 3.8) is 0 Å². The first-order valence-corrected chi connectivity index (χ1v) is 6.82. The number of benzene rings is 1. The van der Waals surface area contributed by atoms with Crippen molar-refractivity contribution in [1.82, 2.24) is 9.38 Å². The summed E-state index contributed by atoms with van der Waals surface area (Å²) in [6.45, 7) is 1.90. The molecule has 0 saturated heterocycles. The van der Waals surface area contributed by atoms with E-state index in [-0.39, 0.29) is 11.5 Å². The number of aryl methyl sites for hydroxylation is 1. The molecule has 1 aromatic carbocycles. The zero-order valence-electron chi connectivity index (χ0n) is 11.6. The molecule has 22 heavy (non-hydrogen) atoms. The number of fused-ring (bicyclic) bond motifs is 1. The molecule has 7 heteroatoms. The lowest BCUT2D eigenvalue weighted by molar-refractivity contribution is 0.0692. The van der Waals surface area contributed by atoms with Gasteiger partial charge in [-0.1, -0.05) is 29.8 Å². The van der Waals surface area contributed by atoms with E-state index in [4.69, 9.17) is 11.6 Å². The Kier molecular flexibility index (Phi) is 3.60. The minimum Gasteiger partial charge on any atom is -0.476 e. The van der Waals surface area contributed by atoms with Crippen LogP contribution in [-0.2, 0) is 0 Å². The Morgan fingerprint density at radius 2 is 2.00 bits per heavy atom.